The van der Waals surface area contributed by atoms with Gasteiger partial charge in [-0.2, -0.15) is 0 Å². The smallest absolute Gasteiger partial charge is 0.311 e. The monoisotopic (exact) mass is 376 g/mol. The molecule has 0 aliphatic heterocycles. The maximum Gasteiger partial charge on any atom is 0.311 e. The molecular formula is C24H24O4. The second-order valence-electron chi connectivity index (χ2n) is 6.94. The highest BCUT2D eigenvalue weighted by molar-refractivity contribution is 5.76. The molecule has 4 heteroatoms. The van der Waals surface area contributed by atoms with Crippen molar-refractivity contribution in [3.63, 3.8) is 0 Å². The summed E-state index contributed by atoms with van der Waals surface area (Å²) < 4.78 is 11.1. The molecule has 3 rings (SSSR count). The summed E-state index contributed by atoms with van der Waals surface area (Å²) >= 11 is 0. The minimum atomic E-state index is -0.847. The summed E-state index contributed by atoms with van der Waals surface area (Å²) in [4.78, 5) is 11.8. The first-order valence-electron chi connectivity index (χ1n) is 9.16. The van der Waals surface area contributed by atoms with Crippen molar-refractivity contribution in [3.8, 4) is 17.2 Å². The van der Waals surface area contributed by atoms with Crippen molar-refractivity contribution in [2.24, 2.45) is 0 Å². The molecule has 3 aromatic carbocycles. The van der Waals surface area contributed by atoms with Crippen molar-refractivity contribution in [1.29, 1.82) is 0 Å². The van der Waals surface area contributed by atoms with Crippen LogP contribution in [0.25, 0.3) is 0 Å². The molecule has 0 fully saturated rings. The molecule has 0 saturated carbocycles. The van der Waals surface area contributed by atoms with E-state index in [9.17, 15) is 9.90 Å². The molecule has 0 amide bonds. The van der Waals surface area contributed by atoms with E-state index in [1.807, 2.05) is 50.2 Å². The fraction of sp³-hybridized carbons (Fsp3) is 0.208. The van der Waals surface area contributed by atoms with Gasteiger partial charge in [0, 0.05) is 0 Å². The van der Waals surface area contributed by atoms with Crippen LogP contribution in [0.1, 0.15) is 28.2 Å². The molecule has 0 saturated heterocycles. The Hall–Kier alpha value is -3.27. The van der Waals surface area contributed by atoms with Crippen LogP contribution < -0.4 is 9.47 Å². The molecule has 28 heavy (non-hydrogen) atoms. The lowest BCUT2D eigenvalue weighted by Crippen LogP contribution is -2.14. The molecule has 0 aliphatic carbocycles. The molecule has 0 spiro atoms. The average Bonchev–Trinajstić information content (AvgIpc) is 2.66. The maximum absolute atomic E-state index is 11.8. The van der Waals surface area contributed by atoms with Crippen molar-refractivity contribution < 1.29 is 19.4 Å². The Kier molecular flexibility index (Phi) is 5.99. The first kappa shape index (κ1) is 19.5. The number of carboxylic acid groups (broad SMARTS) is 1. The van der Waals surface area contributed by atoms with E-state index >= 15 is 0 Å². The third-order valence-electron chi connectivity index (χ3n) is 4.61. The minimum absolute atomic E-state index is 0.408. The summed E-state index contributed by atoms with van der Waals surface area (Å²) in [5.74, 6) is 0.774. The van der Waals surface area contributed by atoms with Gasteiger partial charge >= 0.3 is 5.97 Å². The average molecular weight is 376 g/mol. The Morgan fingerprint density at radius 3 is 1.96 bits per heavy atom. The zero-order valence-corrected chi connectivity index (χ0v) is 16.3. The third kappa shape index (κ3) is 4.92. The summed E-state index contributed by atoms with van der Waals surface area (Å²) in [6.45, 7) is 4.07. The van der Waals surface area contributed by atoms with Crippen LogP contribution in [0.15, 0.2) is 66.7 Å². The van der Waals surface area contributed by atoms with E-state index in [-0.39, 0.29) is 0 Å². The molecular weight excluding hydrogens is 352 g/mol. The topological polar surface area (TPSA) is 55.8 Å². The van der Waals surface area contributed by atoms with E-state index in [0.717, 1.165) is 33.8 Å². The highest BCUT2D eigenvalue weighted by atomic mass is 16.5. The molecule has 1 atom stereocenters. The van der Waals surface area contributed by atoms with Crippen LogP contribution in [0.4, 0.5) is 0 Å². The summed E-state index contributed by atoms with van der Waals surface area (Å²) in [5.41, 5.74) is 3.99. The highest BCUT2D eigenvalue weighted by Crippen LogP contribution is 2.27. The van der Waals surface area contributed by atoms with Gasteiger partial charge < -0.3 is 14.6 Å². The van der Waals surface area contributed by atoms with Crippen LogP contribution >= 0.6 is 0 Å². The SMILES string of the molecule is COc1ccc(C(Cc2ccc(Oc3cc(C)cc(C)c3)cc2)C(=O)O)cc1. The minimum Gasteiger partial charge on any atom is -0.497 e. The van der Waals surface area contributed by atoms with Gasteiger partial charge in [0.15, 0.2) is 0 Å². The van der Waals surface area contributed by atoms with E-state index in [4.69, 9.17) is 9.47 Å². The number of ether oxygens (including phenoxy) is 2. The zero-order valence-electron chi connectivity index (χ0n) is 16.3. The molecule has 3 aromatic rings. The molecule has 1 N–H and O–H groups in total. The highest BCUT2D eigenvalue weighted by Gasteiger charge is 2.20. The Balaban J connectivity index is 1.73. The van der Waals surface area contributed by atoms with Gasteiger partial charge in [-0.05, 0) is 78.9 Å². The number of aryl methyl sites for hydroxylation is 2. The zero-order chi connectivity index (χ0) is 20.1. The van der Waals surface area contributed by atoms with Crippen LogP contribution in [-0.4, -0.2) is 18.2 Å². The van der Waals surface area contributed by atoms with E-state index in [1.165, 1.54) is 0 Å². The Bertz CT molecular complexity index is 923. The molecule has 1 unspecified atom stereocenters. The molecule has 4 nitrogen and oxygen atoms in total. The van der Waals surface area contributed by atoms with Crippen LogP contribution in [-0.2, 0) is 11.2 Å². The normalized spacial score (nSPS) is 11.7. The quantitative estimate of drug-likeness (QED) is 0.590. The number of carboxylic acids is 1. The lowest BCUT2D eigenvalue weighted by atomic mass is 9.92. The van der Waals surface area contributed by atoms with E-state index < -0.39 is 11.9 Å². The second kappa shape index (κ2) is 8.61. The number of hydrogen-bond donors (Lipinski definition) is 1. The van der Waals surface area contributed by atoms with Gasteiger partial charge in [-0.1, -0.05) is 30.3 Å². The van der Waals surface area contributed by atoms with Crippen molar-refractivity contribution in [2.75, 3.05) is 7.11 Å². The maximum atomic E-state index is 11.8. The van der Waals surface area contributed by atoms with Crippen LogP contribution in [0.3, 0.4) is 0 Å². The number of hydrogen-bond acceptors (Lipinski definition) is 3. The summed E-state index contributed by atoms with van der Waals surface area (Å²) in [7, 11) is 1.59. The van der Waals surface area contributed by atoms with Crippen LogP contribution in [0.5, 0.6) is 17.2 Å². The predicted octanol–water partition coefficient (Wildman–Crippen LogP) is 5.52. The van der Waals surface area contributed by atoms with Crippen molar-refractivity contribution in [2.45, 2.75) is 26.2 Å². The third-order valence-corrected chi connectivity index (χ3v) is 4.61. The number of carbonyl (C=O) groups is 1. The molecule has 0 aromatic heterocycles. The Morgan fingerprint density at radius 1 is 0.857 bits per heavy atom. The van der Waals surface area contributed by atoms with Crippen LogP contribution in [0, 0.1) is 13.8 Å². The Morgan fingerprint density at radius 2 is 1.43 bits per heavy atom. The predicted molar refractivity (Wildman–Crippen MR) is 110 cm³/mol. The fourth-order valence-corrected chi connectivity index (χ4v) is 3.24. The lowest BCUT2D eigenvalue weighted by Gasteiger charge is -2.14. The summed E-state index contributed by atoms with van der Waals surface area (Å²) in [6.07, 6.45) is 0.408. The van der Waals surface area contributed by atoms with Gasteiger partial charge in [-0.15, -0.1) is 0 Å². The molecule has 0 heterocycles. The fourth-order valence-electron chi connectivity index (χ4n) is 3.24. The molecule has 0 bridgehead atoms. The Labute approximate surface area is 165 Å². The molecule has 144 valence electrons. The van der Waals surface area contributed by atoms with E-state index in [1.54, 1.807) is 31.4 Å². The lowest BCUT2D eigenvalue weighted by molar-refractivity contribution is -0.138. The number of aliphatic carboxylic acids is 1. The number of benzene rings is 3. The first-order chi connectivity index (χ1) is 13.4. The van der Waals surface area contributed by atoms with Crippen molar-refractivity contribution in [3.05, 3.63) is 89.0 Å². The van der Waals surface area contributed by atoms with Crippen molar-refractivity contribution >= 4 is 5.97 Å². The van der Waals surface area contributed by atoms with E-state index in [2.05, 4.69) is 6.07 Å². The van der Waals surface area contributed by atoms with Gasteiger partial charge in [-0.3, -0.25) is 4.79 Å². The van der Waals surface area contributed by atoms with Gasteiger partial charge in [0.1, 0.15) is 17.2 Å². The number of rotatable bonds is 7. The van der Waals surface area contributed by atoms with Gasteiger partial charge in [0.05, 0.1) is 13.0 Å². The van der Waals surface area contributed by atoms with Crippen molar-refractivity contribution in [1.82, 2.24) is 0 Å². The number of methoxy groups -OCH3 is 1. The molecule has 0 aliphatic rings. The van der Waals surface area contributed by atoms with E-state index in [0.29, 0.717) is 12.2 Å². The van der Waals surface area contributed by atoms with Gasteiger partial charge in [-0.25, -0.2) is 0 Å². The van der Waals surface area contributed by atoms with Crippen LogP contribution in [0.2, 0.25) is 0 Å². The van der Waals surface area contributed by atoms with Gasteiger partial charge in [0.2, 0.25) is 0 Å². The summed E-state index contributed by atoms with van der Waals surface area (Å²) in [6, 6.07) is 20.8. The summed E-state index contributed by atoms with van der Waals surface area (Å²) in [5, 5.41) is 9.66. The molecule has 0 radical (unpaired) electrons. The largest absolute Gasteiger partial charge is 0.497 e. The first-order valence-corrected chi connectivity index (χ1v) is 9.16. The second-order valence-corrected chi connectivity index (χ2v) is 6.94. The van der Waals surface area contributed by atoms with Gasteiger partial charge in [0.25, 0.3) is 0 Å². The standard InChI is InChI=1S/C24H24O4/c1-16-12-17(2)14-22(13-16)28-21-8-4-18(5-9-21)15-23(24(25)26)19-6-10-20(27-3)11-7-19/h4-14,23H,15H2,1-3H3,(H,25,26).